The molecule has 0 amide bonds. The van der Waals surface area contributed by atoms with E-state index >= 15 is 0 Å². The molecule has 0 aliphatic heterocycles. The fraction of sp³-hybridized carbons (Fsp3) is 0.312. The highest BCUT2D eigenvalue weighted by atomic mass is 31.1. The number of benzene rings is 1. The van der Waals surface area contributed by atoms with Crippen LogP contribution in [-0.4, -0.2) is 10.4 Å². The second kappa shape index (κ2) is 6.79. The molecule has 0 bridgehead atoms. The van der Waals surface area contributed by atoms with E-state index in [0.717, 1.165) is 16.7 Å². The second-order valence-corrected chi connectivity index (χ2v) is 6.15. The fourth-order valence-corrected chi connectivity index (χ4v) is 3.53. The van der Waals surface area contributed by atoms with Gasteiger partial charge in [-0.1, -0.05) is 35.9 Å². The standard InChI is InChI=1S/C16H21O2P/c1-6-8-14(7-2)19(18)16(17)15-12(4)9-11(3)10-13(15)5/h6-10,18H,1-5H3/b8-6-,14-7+. The van der Waals surface area contributed by atoms with E-state index in [1.165, 1.54) is 0 Å². The van der Waals surface area contributed by atoms with Crippen molar-refractivity contribution in [2.24, 2.45) is 0 Å². The van der Waals surface area contributed by atoms with Gasteiger partial charge in [0.2, 0.25) is 5.52 Å². The molecule has 1 N–H and O–H groups in total. The van der Waals surface area contributed by atoms with Crippen molar-refractivity contribution in [1.29, 1.82) is 0 Å². The summed E-state index contributed by atoms with van der Waals surface area (Å²) < 4.78 is 0. The van der Waals surface area contributed by atoms with Gasteiger partial charge in [-0.05, 0) is 45.7 Å². The zero-order valence-corrected chi connectivity index (χ0v) is 13.1. The van der Waals surface area contributed by atoms with Crippen LogP contribution in [0.1, 0.15) is 40.9 Å². The highest BCUT2D eigenvalue weighted by Gasteiger charge is 2.23. The molecule has 1 aromatic carbocycles. The first kappa shape index (κ1) is 15.8. The van der Waals surface area contributed by atoms with Crippen LogP contribution in [0.5, 0.6) is 0 Å². The first-order valence-corrected chi connectivity index (χ1v) is 7.62. The summed E-state index contributed by atoms with van der Waals surface area (Å²) in [6, 6.07) is 3.96. The van der Waals surface area contributed by atoms with Crippen molar-refractivity contribution in [3.63, 3.8) is 0 Å². The molecular weight excluding hydrogens is 255 g/mol. The third-order valence-electron chi connectivity index (χ3n) is 2.96. The Kier molecular flexibility index (Phi) is 5.65. The quantitative estimate of drug-likeness (QED) is 0.643. The Hall–Kier alpha value is -1.24. The Bertz CT molecular complexity index is 519. The minimum atomic E-state index is -1.79. The van der Waals surface area contributed by atoms with Crippen molar-refractivity contribution < 1.29 is 9.69 Å². The largest absolute Gasteiger partial charge is 0.362 e. The van der Waals surface area contributed by atoms with E-state index in [4.69, 9.17) is 0 Å². The van der Waals surface area contributed by atoms with Gasteiger partial charge in [0.25, 0.3) is 0 Å². The van der Waals surface area contributed by atoms with Gasteiger partial charge in [-0.15, -0.1) is 0 Å². The molecule has 19 heavy (non-hydrogen) atoms. The molecule has 1 rings (SSSR count). The average molecular weight is 276 g/mol. The van der Waals surface area contributed by atoms with Gasteiger partial charge in [-0.25, -0.2) is 0 Å². The van der Waals surface area contributed by atoms with Gasteiger partial charge in [-0.3, -0.25) is 4.79 Å². The molecule has 1 atom stereocenters. The molecule has 0 heterocycles. The molecule has 0 aliphatic carbocycles. The van der Waals surface area contributed by atoms with Crippen LogP contribution in [0.4, 0.5) is 0 Å². The van der Waals surface area contributed by atoms with Crippen molar-refractivity contribution in [3.05, 3.63) is 57.9 Å². The molecule has 0 radical (unpaired) electrons. The predicted molar refractivity (Wildman–Crippen MR) is 82.7 cm³/mol. The van der Waals surface area contributed by atoms with Gasteiger partial charge in [0.05, 0.1) is 0 Å². The first-order chi connectivity index (χ1) is 8.92. The summed E-state index contributed by atoms with van der Waals surface area (Å²) in [6.07, 6.45) is 5.42. The van der Waals surface area contributed by atoms with Crippen LogP contribution < -0.4 is 0 Å². The van der Waals surface area contributed by atoms with Gasteiger partial charge >= 0.3 is 0 Å². The highest BCUT2D eigenvalue weighted by molar-refractivity contribution is 7.74. The number of hydrogen-bond donors (Lipinski definition) is 1. The zero-order valence-electron chi connectivity index (χ0n) is 12.2. The van der Waals surface area contributed by atoms with E-state index in [1.54, 1.807) is 12.2 Å². The van der Waals surface area contributed by atoms with Crippen LogP contribution in [-0.2, 0) is 0 Å². The molecule has 102 valence electrons. The van der Waals surface area contributed by atoms with Crippen LogP contribution in [0, 0.1) is 20.8 Å². The lowest BCUT2D eigenvalue weighted by atomic mass is 10.0. The summed E-state index contributed by atoms with van der Waals surface area (Å²) in [4.78, 5) is 22.8. The Morgan fingerprint density at radius 3 is 2.11 bits per heavy atom. The van der Waals surface area contributed by atoms with Gasteiger partial charge in [0, 0.05) is 10.9 Å². The maximum Gasteiger partial charge on any atom is 0.216 e. The average Bonchev–Trinajstić information content (AvgIpc) is 2.33. The lowest BCUT2D eigenvalue weighted by Gasteiger charge is -2.15. The van der Waals surface area contributed by atoms with Gasteiger partial charge in [0.1, 0.15) is 8.15 Å². The van der Waals surface area contributed by atoms with Crippen LogP contribution in [0.3, 0.4) is 0 Å². The topological polar surface area (TPSA) is 37.3 Å². The van der Waals surface area contributed by atoms with Gasteiger partial charge in [-0.2, -0.15) is 0 Å². The molecule has 2 nitrogen and oxygen atoms in total. The molecule has 0 saturated carbocycles. The molecule has 0 fully saturated rings. The van der Waals surface area contributed by atoms with Crippen molar-refractivity contribution in [2.45, 2.75) is 34.6 Å². The van der Waals surface area contributed by atoms with Crippen LogP contribution >= 0.6 is 8.15 Å². The molecule has 1 unspecified atom stereocenters. The van der Waals surface area contributed by atoms with Crippen molar-refractivity contribution >= 4 is 13.7 Å². The lowest BCUT2D eigenvalue weighted by Crippen LogP contribution is -2.04. The minimum Gasteiger partial charge on any atom is -0.362 e. The number of rotatable bonds is 4. The minimum absolute atomic E-state index is 0.170. The van der Waals surface area contributed by atoms with E-state index in [2.05, 4.69) is 0 Å². The smallest absolute Gasteiger partial charge is 0.216 e. The Morgan fingerprint density at radius 1 is 1.16 bits per heavy atom. The third-order valence-corrected chi connectivity index (χ3v) is 4.47. The van der Waals surface area contributed by atoms with Crippen LogP contribution in [0.15, 0.2) is 35.7 Å². The van der Waals surface area contributed by atoms with Crippen LogP contribution in [0.2, 0.25) is 0 Å². The van der Waals surface area contributed by atoms with E-state index in [0.29, 0.717) is 10.9 Å². The molecule has 3 heteroatoms. The third kappa shape index (κ3) is 3.62. The lowest BCUT2D eigenvalue weighted by molar-refractivity contribution is 0.107. The number of carbonyl (C=O) groups is 1. The number of allylic oxidation sites excluding steroid dienone is 4. The van der Waals surface area contributed by atoms with Gasteiger partial charge < -0.3 is 4.89 Å². The monoisotopic (exact) mass is 276 g/mol. The van der Waals surface area contributed by atoms with E-state index < -0.39 is 8.15 Å². The SMILES string of the molecule is C/C=C\C(=C/C)P(O)C(=O)c1c(C)cc(C)cc1C. The number of hydrogen-bond acceptors (Lipinski definition) is 2. The van der Waals surface area contributed by atoms with E-state index in [-0.39, 0.29) is 5.52 Å². The first-order valence-electron chi connectivity index (χ1n) is 6.32. The Morgan fingerprint density at radius 2 is 1.68 bits per heavy atom. The zero-order chi connectivity index (χ0) is 14.6. The maximum atomic E-state index is 12.5. The van der Waals surface area contributed by atoms with Crippen molar-refractivity contribution in [1.82, 2.24) is 0 Å². The van der Waals surface area contributed by atoms with Gasteiger partial charge in [0.15, 0.2) is 0 Å². The normalized spacial score (nSPS) is 13.9. The summed E-state index contributed by atoms with van der Waals surface area (Å²) in [6.45, 7) is 9.55. The maximum absolute atomic E-state index is 12.5. The molecule has 0 aliphatic rings. The van der Waals surface area contributed by atoms with E-state index in [1.807, 2.05) is 52.8 Å². The number of carbonyl (C=O) groups excluding carboxylic acids is 1. The van der Waals surface area contributed by atoms with Crippen molar-refractivity contribution in [3.8, 4) is 0 Å². The van der Waals surface area contributed by atoms with Crippen LogP contribution in [0.25, 0.3) is 0 Å². The molecular formula is C16H21O2P. The fourth-order valence-electron chi connectivity index (χ4n) is 2.20. The summed E-state index contributed by atoms with van der Waals surface area (Å²) in [5, 5.41) is 0.696. The van der Waals surface area contributed by atoms with E-state index in [9.17, 15) is 9.69 Å². The molecule has 0 aromatic heterocycles. The number of aryl methyl sites for hydroxylation is 3. The molecule has 0 saturated heterocycles. The molecule has 1 aromatic rings. The second-order valence-electron chi connectivity index (χ2n) is 4.60. The Balaban J connectivity index is 3.21. The Labute approximate surface area is 116 Å². The molecule has 0 spiro atoms. The highest BCUT2D eigenvalue weighted by Crippen LogP contribution is 2.45. The summed E-state index contributed by atoms with van der Waals surface area (Å²) in [5.74, 6) is 0. The van der Waals surface area contributed by atoms with Crippen molar-refractivity contribution in [2.75, 3.05) is 0 Å². The predicted octanol–water partition coefficient (Wildman–Crippen LogP) is 4.62. The summed E-state index contributed by atoms with van der Waals surface area (Å²) in [5.41, 5.74) is 3.48. The summed E-state index contributed by atoms with van der Waals surface area (Å²) >= 11 is 0. The summed E-state index contributed by atoms with van der Waals surface area (Å²) in [7, 11) is -1.79.